The van der Waals surface area contributed by atoms with E-state index in [1.165, 1.54) is 0 Å². The molecular weight excluding hydrogens is 190 g/mol. The lowest BCUT2D eigenvalue weighted by Gasteiger charge is -2.28. The maximum Gasteiger partial charge on any atom is 0.184 e. The molecule has 0 radical (unpaired) electrons. The van der Waals surface area contributed by atoms with Crippen LogP contribution in [0.4, 0.5) is 0 Å². The van der Waals surface area contributed by atoms with Crippen LogP contribution < -0.4 is 5.73 Å². The first kappa shape index (κ1) is 14.9. The molecule has 2 N–H and O–H groups in total. The van der Waals surface area contributed by atoms with Gasteiger partial charge in [-0.05, 0) is 33.0 Å². The summed E-state index contributed by atoms with van der Waals surface area (Å²) < 4.78 is 5.86. The maximum absolute atomic E-state index is 5.86. The monoisotopic (exact) mass is 211 g/mol. The van der Waals surface area contributed by atoms with Crippen LogP contribution in [0.1, 0.15) is 20.3 Å². The minimum absolute atomic E-state index is 0. The quantitative estimate of drug-likeness (QED) is 0.725. The van der Waals surface area contributed by atoms with E-state index >= 15 is 0 Å². The van der Waals surface area contributed by atoms with Gasteiger partial charge in [-0.25, -0.2) is 0 Å². The first-order chi connectivity index (χ1) is 4.87. The van der Waals surface area contributed by atoms with E-state index < -0.39 is 8.32 Å². The van der Waals surface area contributed by atoms with E-state index in [9.17, 15) is 0 Å². The molecule has 76 valence electrons. The highest BCUT2D eigenvalue weighted by Crippen LogP contribution is 2.11. The molecular formula is C8H22ClNOSi. The van der Waals surface area contributed by atoms with Crippen LogP contribution in [0.15, 0.2) is 0 Å². The molecule has 0 fully saturated rings. The van der Waals surface area contributed by atoms with E-state index in [2.05, 4.69) is 26.6 Å². The Morgan fingerprint density at radius 1 is 1.33 bits per heavy atom. The number of nitrogens with two attached hydrogens (primary N) is 1. The fraction of sp³-hybridized carbons (Fsp3) is 1.00. The second-order valence-electron chi connectivity index (χ2n) is 4.04. The van der Waals surface area contributed by atoms with Crippen molar-refractivity contribution in [3.63, 3.8) is 0 Å². The lowest BCUT2D eigenvalue weighted by Crippen LogP contribution is -2.41. The third kappa shape index (κ3) is 7.10. The molecule has 0 aliphatic carbocycles. The van der Waals surface area contributed by atoms with E-state index in [1.807, 2.05) is 6.92 Å². The number of halogens is 1. The first-order valence-corrected chi connectivity index (χ1v) is 7.71. The molecule has 0 amide bonds. The van der Waals surface area contributed by atoms with Gasteiger partial charge in [-0.1, -0.05) is 6.92 Å². The Bertz CT molecular complexity index is 114. The molecule has 0 aliphatic rings. The van der Waals surface area contributed by atoms with Crippen molar-refractivity contribution in [2.45, 2.75) is 52.1 Å². The SMILES string of the molecule is CCC(O[Si](C)(C)C)C(C)N.Cl. The summed E-state index contributed by atoms with van der Waals surface area (Å²) in [5.41, 5.74) is 5.75. The average molecular weight is 212 g/mol. The summed E-state index contributed by atoms with van der Waals surface area (Å²) in [7, 11) is -1.38. The smallest absolute Gasteiger partial charge is 0.184 e. The fourth-order valence-corrected chi connectivity index (χ4v) is 2.31. The zero-order chi connectivity index (χ0) is 9.07. The highest BCUT2D eigenvalue weighted by atomic mass is 35.5. The van der Waals surface area contributed by atoms with E-state index in [4.69, 9.17) is 10.2 Å². The van der Waals surface area contributed by atoms with Crippen LogP contribution in [-0.2, 0) is 4.43 Å². The van der Waals surface area contributed by atoms with Crippen molar-refractivity contribution in [3.05, 3.63) is 0 Å². The van der Waals surface area contributed by atoms with Crippen LogP contribution in [0.3, 0.4) is 0 Å². The van der Waals surface area contributed by atoms with E-state index in [-0.39, 0.29) is 24.6 Å². The molecule has 0 bridgehead atoms. The Balaban J connectivity index is 0. The van der Waals surface area contributed by atoms with Gasteiger partial charge in [0.25, 0.3) is 0 Å². The molecule has 0 saturated heterocycles. The number of rotatable bonds is 4. The fourth-order valence-electron chi connectivity index (χ4n) is 1.02. The molecule has 2 unspecified atom stereocenters. The highest BCUT2D eigenvalue weighted by Gasteiger charge is 2.21. The second-order valence-corrected chi connectivity index (χ2v) is 8.50. The predicted octanol–water partition coefficient (Wildman–Crippen LogP) is 2.39. The molecule has 0 heterocycles. The van der Waals surface area contributed by atoms with Crippen LogP contribution >= 0.6 is 12.4 Å². The van der Waals surface area contributed by atoms with Crippen LogP contribution in [0.2, 0.25) is 19.6 Å². The zero-order valence-electron chi connectivity index (χ0n) is 8.76. The predicted molar refractivity (Wildman–Crippen MR) is 59.4 cm³/mol. The Morgan fingerprint density at radius 2 is 1.75 bits per heavy atom. The van der Waals surface area contributed by atoms with Crippen molar-refractivity contribution in [2.24, 2.45) is 5.73 Å². The number of hydrogen-bond donors (Lipinski definition) is 1. The molecule has 0 aromatic heterocycles. The van der Waals surface area contributed by atoms with Gasteiger partial charge in [-0.15, -0.1) is 12.4 Å². The van der Waals surface area contributed by atoms with Crippen LogP contribution in [-0.4, -0.2) is 20.5 Å². The van der Waals surface area contributed by atoms with E-state index in [0.29, 0.717) is 0 Å². The van der Waals surface area contributed by atoms with Crippen molar-refractivity contribution in [1.29, 1.82) is 0 Å². The van der Waals surface area contributed by atoms with Crippen LogP contribution in [0, 0.1) is 0 Å². The Labute approximate surface area is 83.4 Å². The summed E-state index contributed by atoms with van der Waals surface area (Å²) in [6, 6.07) is 0.159. The van der Waals surface area contributed by atoms with Crippen molar-refractivity contribution in [2.75, 3.05) is 0 Å². The van der Waals surface area contributed by atoms with E-state index in [0.717, 1.165) is 6.42 Å². The van der Waals surface area contributed by atoms with Gasteiger partial charge in [-0.2, -0.15) is 0 Å². The summed E-state index contributed by atoms with van der Waals surface area (Å²) in [6.07, 6.45) is 1.27. The molecule has 4 heteroatoms. The first-order valence-electron chi connectivity index (χ1n) is 4.30. The molecule has 0 aliphatic heterocycles. The van der Waals surface area contributed by atoms with Crippen molar-refractivity contribution in [1.82, 2.24) is 0 Å². The molecule has 0 aromatic rings. The summed E-state index contributed by atoms with van der Waals surface area (Å²) in [6.45, 7) is 10.7. The third-order valence-corrected chi connectivity index (χ3v) is 2.50. The summed E-state index contributed by atoms with van der Waals surface area (Å²) in [5.74, 6) is 0. The van der Waals surface area contributed by atoms with Gasteiger partial charge in [0.2, 0.25) is 0 Å². The second kappa shape index (κ2) is 5.97. The highest BCUT2D eigenvalue weighted by molar-refractivity contribution is 6.69. The Morgan fingerprint density at radius 3 is 1.83 bits per heavy atom. The largest absolute Gasteiger partial charge is 0.413 e. The minimum Gasteiger partial charge on any atom is -0.413 e. The van der Waals surface area contributed by atoms with Gasteiger partial charge in [-0.3, -0.25) is 0 Å². The lowest BCUT2D eigenvalue weighted by atomic mass is 10.1. The Hall–Kier alpha value is 0.427. The lowest BCUT2D eigenvalue weighted by molar-refractivity contribution is 0.165. The standard InChI is InChI=1S/C8H21NOSi.ClH/c1-6-8(7(2)9)10-11(3,4)5;/h7-8H,6,9H2,1-5H3;1H. The maximum atomic E-state index is 5.86. The van der Waals surface area contributed by atoms with Crippen molar-refractivity contribution in [3.8, 4) is 0 Å². The molecule has 0 rings (SSSR count). The van der Waals surface area contributed by atoms with E-state index in [1.54, 1.807) is 0 Å². The third-order valence-electron chi connectivity index (χ3n) is 1.49. The van der Waals surface area contributed by atoms with Gasteiger partial charge < -0.3 is 10.2 Å². The normalized spacial score (nSPS) is 16.5. The number of hydrogen-bond acceptors (Lipinski definition) is 2. The molecule has 0 spiro atoms. The molecule has 2 atom stereocenters. The van der Waals surface area contributed by atoms with Crippen molar-refractivity contribution < 1.29 is 4.43 Å². The van der Waals surface area contributed by atoms with Crippen molar-refractivity contribution >= 4 is 20.7 Å². The summed E-state index contributed by atoms with van der Waals surface area (Å²) in [5, 5.41) is 0. The van der Waals surface area contributed by atoms with Gasteiger partial charge in [0.1, 0.15) is 0 Å². The molecule has 2 nitrogen and oxygen atoms in total. The van der Waals surface area contributed by atoms with Gasteiger partial charge >= 0.3 is 0 Å². The minimum atomic E-state index is -1.38. The summed E-state index contributed by atoms with van der Waals surface area (Å²) in [4.78, 5) is 0. The topological polar surface area (TPSA) is 35.2 Å². The molecule has 12 heavy (non-hydrogen) atoms. The van der Waals surface area contributed by atoms with Gasteiger partial charge in [0.15, 0.2) is 8.32 Å². The van der Waals surface area contributed by atoms with Gasteiger partial charge in [0, 0.05) is 6.04 Å². The molecule has 0 saturated carbocycles. The summed E-state index contributed by atoms with van der Waals surface area (Å²) >= 11 is 0. The Kier molecular flexibility index (Phi) is 7.42. The van der Waals surface area contributed by atoms with Crippen LogP contribution in [0.5, 0.6) is 0 Å². The van der Waals surface area contributed by atoms with Gasteiger partial charge in [0.05, 0.1) is 6.10 Å². The average Bonchev–Trinajstić information content (AvgIpc) is 1.80. The van der Waals surface area contributed by atoms with Crippen LogP contribution in [0.25, 0.3) is 0 Å². The molecule has 0 aromatic carbocycles. The zero-order valence-corrected chi connectivity index (χ0v) is 10.6.